The van der Waals surface area contributed by atoms with Crippen molar-refractivity contribution in [1.29, 1.82) is 0 Å². The van der Waals surface area contributed by atoms with Gasteiger partial charge in [0.05, 0.1) is 17.6 Å². The van der Waals surface area contributed by atoms with Gasteiger partial charge in [-0.2, -0.15) is 0 Å². The summed E-state index contributed by atoms with van der Waals surface area (Å²) in [7, 11) is 3.32. The molecule has 0 bridgehead atoms. The lowest BCUT2D eigenvalue weighted by Gasteiger charge is -2.16. The first-order valence-electron chi connectivity index (χ1n) is 6.26. The van der Waals surface area contributed by atoms with Gasteiger partial charge >= 0.3 is 0 Å². The number of amides is 1. The second-order valence-corrected chi connectivity index (χ2v) is 5.13. The van der Waals surface area contributed by atoms with Crippen LogP contribution in [0.2, 0.25) is 0 Å². The number of thiophene rings is 1. The van der Waals surface area contributed by atoms with E-state index < -0.39 is 0 Å². The monoisotopic (exact) mass is 301 g/mol. The van der Waals surface area contributed by atoms with Gasteiger partial charge in [-0.3, -0.25) is 4.79 Å². The summed E-state index contributed by atoms with van der Waals surface area (Å²) in [4.78, 5) is 14.7. The number of benzene rings is 1. The van der Waals surface area contributed by atoms with E-state index in [0.29, 0.717) is 5.56 Å². The summed E-state index contributed by atoms with van der Waals surface area (Å²) < 4.78 is 5.10. The van der Waals surface area contributed by atoms with Gasteiger partial charge in [-0.1, -0.05) is 11.8 Å². The van der Waals surface area contributed by atoms with E-state index in [1.165, 1.54) is 11.3 Å². The molecule has 0 atom stereocenters. The van der Waals surface area contributed by atoms with Crippen molar-refractivity contribution in [3.63, 3.8) is 0 Å². The molecular weight excluding hydrogens is 286 g/mol. The van der Waals surface area contributed by atoms with Gasteiger partial charge in [0, 0.05) is 18.1 Å². The summed E-state index contributed by atoms with van der Waals surface area (Å²) in [6.07, 6.45) is 0. The second-order valence-electron chi connectivity index (χ2n) is 4.22. The first-order chi connectivity index (χ1) is 10.2. The predicted molar refractivity (Wildman–Crippen MR) is 84.0 cm³/mol. The number of ether oxygens (including phenoxy) is 1. The van der Waals surface area contributed by atoms with Crippen LogP contribution in [0.4, 0.5) is 5.69 Å². The van der Waals surface area contributed by atoms with Gasteiger partial charge in [0.1, 0.15) is 12.4 Å². The molecular formula is C16H15NO3S. The van der Waals surface area contributed by atoms with Crippen molar-refractivity contribution < 1.29 is 14.6 Å². The Morgan fingerprint density at radius 3 is 2.71 bits per heavy atom. The van der Waals surface area contributed by atoms with Gasteiger partial charge in [0.2, 0.25) is 0 Å². The fourth-order valence-corrected chi connectivity index (χ4v) is 2.51. The first-order valence-corrected chi connectivity index (χ1v) is 7.14. The minimum absolute atomic E-state index is 0.103. The number of carbonyl (C=O) groups excluding carboxylic acids is 1. The molecule has 21 heavy (non-hydrogen) atoms. The molecule has 0 radical (unpaired) electrons. The summed E-state index contributed by atoms with van der Waals surface area (Å²) in [5, 5.41) is 10.4. The number of hydrogen-bond donors (Lipinski definition) is 1. The lowest BCUT2D eigenvalue weighted by molar-refractivity contribution is 0.0993. The number of anilines is 1. The highest BCUT2D eigenvalue weighted by atomic mass is 32.1. The fraction of sp³-hybridized carbons (Fsp3) is 0.188. The van der Waals surface area contributed by atoms with Gasteiger partial charge < -0.3 is 14.7 Å². The third kappa shape index (κ3) is 3.63. The zero-order valence-electron chi connectivity index (χ0n) is 11.8. The molecule has 2 aromatic rings. The van der Waals surface area contributed by atoms with Crippen LogP contribution in [0.1, 0.15) is 15.2 Å². The van der Waals surface area contributed by atoms with Crippen molar-refractivity contribution in [1.82, 2.24) is 0 Å². The summed E-state index contributed by atoms with van der Waals surface area (Å²) in [5.74, 6) is 6.01. The topological polar surface area (TPSA) is 49.8 Å². The summed E-state index contributed by atoms with van der Waals surface area (Å²) in [6, 6.07) is 9.01. The number of methoxy groups -OCH3 is 1. The summed E-state index contributed by atoms with van der Waals surface area (Å²) in [5.41, 5.74) is 1.37. The molecule has 2 rings (SSSR count). The Morgan fingerprint density at radius 2 is 2.10 bits per heavy atom. The first kappa shape index (κ1) is 15.1. The molecule has 0 saturated heterocycles. The van der Waals surface area contributed by atoms with Crippen LogP contribution in [0.15, 0.2) is 35.7 Å². The molecule has 108 valence electrons. The van der Waals surface area contributed by atoms with Crippen molar-refractivity contribution in [3.8, 4) is 17.6 Å². The number of aliphatic hydroxyl groups is 1. The van der Waals surface area contributed by atoms with Crippen molar-refractivity contribution in [2.75, 3.05) is 25.7 Å². The number of aliphatic hydroxyl groups excluding tert-OH is 1. The SMILES string of the molecule is COc1ccc(N(C)C(=O)c2csc(C#CCO)c2)cc1. The molecule has 0 aliphatic rings. The zero-order valence-corrected chi connectivity index (χ0v) is 12.6. The molecule has 1 amide bonds. The van der Waals surface area contributed by atoms with Crippen molar-refractivity contribution in [2.24, 2.45) is 0 Å². The highest BCUT2D eigenvalue weighted by Gasteiger charge is 2.15. The molecule has 4 nitrogen and oxygen atoms in total. The smallest absolute Gasteiger partial charge is 0.258 e. The summed E-state index contributed by atoms with van der Waals surface area (Å²) in [6.45, 7) is -0.188. The van der Waals surface area contributed by atoms with E-state index >= 15 is 0 Å². The van der Waals surface area contributed by atoms with Crippen LogP contribution >= 0.6 is 11.3 Å². The van der Waals surface area contributed by atoms with Crippen LogP contribution in [-0.2, 0) is 0 Å². The molecule has 5 heteroatoms. The molecule has 1 aromatic heterocycles. The molecule has 1 heterocycles. The number of nitrogens with zero attached hydrogens (tertiary/aromatic N) is 1. The maximum absolute atomic E-state index is 12.4. The fourth-order valence-electron chi connectivity index (χ4n) is 1.76. The molecule has 1 N–H and O–H groups in total. The van der Waals surface area contributed by atoms with E-state index in [1.54, 1.807) is 30.5 Å². The molecule has 1 aromatic carbocycles. The highest BCUT2D eigenvalue weighted by Crippen LogP contribution is 2.21. The van der Waals surface area contributed by atoms with Gasteiger partial charge in [-0.15, -0.1) is 11.3 Å². The average molecular weight is 301 g/mol. The Bertz CT molecular complexity index is 680. The van der Waals surface area contributed by atoms with Gasteiger partial charge in [0.15, 0.2) is 0 Å². The quantitative estimate of drug-likeness (QED) is 0.886. The van der Waals surface area contributed by atoms with Crippen molar-refractivity contribution in [3.05, 3.63) is 46.2 Å². The van der Waals surface area contributed by atoms with Crippen LogP contribution in [0.25, 0.3) is 0 Å². The van der Waals surface area contributed by atoms with Crippen LogP contribution in [-0.4, -0.2) is 31.8 Å². The van der Waals surface area contributed by atoms with Crippen molar-refractivity contribution in [2.45, 2.75) is 0 Å². The summed E-state index contributed by atoms with van der Waals surface area (Å²) >= 11 is 1.38. The number of hydrogen-bond acceptors (Lipinski definition) is 4. The molecule has 0 aliphatic heterocycles. The van der Waals surface area contributed by atoms with Crippen LogP contribution < -0.4 is 9.64 Å². The molecule has 0 unspecified atom stereocenters. The number of carbonyl (C=O) groups is 1. The third-order valence-corrected chi connectivity index (χ3v) is 3.75. The van der Waals surface area contributed by atoms with E-state index in [2.05, 4.69) is 11.8 Å². The maximum Gasteiger partial charge on any atom is 0.258 e. The van der Waals surface area contributed by atoms with E-state index in [-0.39, 0.29) is 12.5 Å². The predicted octanol–water partition coefficient (Wildman–Crippen LogP) is 2.38. The Hall–Kier alpha value is -2.29. The van der Waals surface area contributed by atoms with E-state index in [4.69, 9.17) is 9.84 Å². The zero-order chi connectivity index (χ0) is 15.2. The molecule has 0 aliphatic carbocycles. The average Bonchev–Trinajstić information content (AvgIpc) is 3.00. The normalized spacial score (nSPS) is 9.67. The maximum atomic E-state index is 12.4. The van der Waals surface area contributed by atoms with Crippen LogP contribution in [0, 0.1) is 11.8 Å². The Balaban J connectivity index is 2.16. The minimum atomic E-state index is -0.188. The Morgan fingerprint density at radius 1 is 1.38 bits per heavy atom. The largest absolute Gasteiger partial charge is 0.497 e. The molecule has 0 spiro atoms. The standard InChI is InChI=1S/C16H15NO3S/c1-17(13-5-7-14(20-2)8-6-13)16(19)12-10-15(21-11-12)4-3-9-18/h5-8,10-11,18H,9H2,1-2H3. The lowest BCUT2D eigenvalue weighted by atomic mass is 10.2. The van der Waals surface area contributed by atoms with Crippen LogP contribution in [0.5, 0.6) is 5.75 Å². The number of rotatable bonds is 3. The van der Waals surface area contributed by atoms with Gasteiger partial charge in [-0.05, 0) is 30.3 Å². The van der Waals surface area contributed by atoms with Gasteiger partial charge in [-0.25, -0.2) is 0 Å². The van der Waals surface area contributed by atoms with E-state index in [1.807, 2.05) is 24.3 Å². The minimum Gasteiger partial charge on any atom is -0.497 e. The van der Waals surface area contributed by atoms with Crippen molar-refractivity contribution >= 4 is 22.9 Å². The Kier molecular flexibility index (Phi) is 4.99. The molecule has 0 fully saturated rings. The molecule has 0 saturated carbocycles. The highest BCUT2D eigenvalue weighted by molar-refractivity contribution is 7.10. The second kappa shape index (κ2) is 6.93. The van der Waals surface area contributed by atoms with Gasteiger partial charge in [0.25, 0.3) is 5.91 Å². The van der Waals surface area contributed by atoms with Crippen LogP contribution in [0.3, 0.4) is 0 Å². The lowest BCUT2D eigenvalue weighted by Crippen LogP contribution is -2.25. The van der Waals surface area contributed by atoms with E-state index in [0.717, 1.165) is 16.3 Å². The third-order valence-electron chi connectivity index (χ3n) is 2.90. The Labute approximate surface area is 127 Å². The van der Waals surface area contributed by atoms with E-state index in [9.17, 15) is 4.79 Å².